The first-order valence-electron chi connectivity index (χ1n) is 6.40. The molecule has 0 aliphatic rings. The molecule has 0 radical (unpaired) electrons. The van der Waals surface area contributed by atoms with Crippen molar-refractivity contribution in [1.29, 1.82) is 0 Å². The second kappa shape index (κ2) is 6.61. The molecule has 0 saturated carbocycles. The van der Waals surface area contributed by atoms with Gasteiger partial charge in [-0.2, -0.15) is 0 Å². The molecule has 2 rings (SSSR count). The summed E-state index contributed by atoms with van der Waals surface area (Å²) in [4.78, 5) is 0. The van der Waals surface area contributed by atoms with E-state index in [2.05, 4.69) is 15.9 Å². The van der Waals surface area contributed by atoms with Crippen molar-refractivity contribution in [3.05, 3.63) is 62.6 Å². The molecule has 20 heavy (non-hydrogen) atoms. The zero-order valence-electron chi connectivity index (χ0n) is 11.4. The van der Waals surface area contributed by atoms with Gasteiger partial charge in [0, 0.05) is 15.6 Å². The molecule has 2 nitrogen and oxygen atoms in total. The third-order valence-electron chi connectivity index (χ3n) is 3.04. The lowest BCUT2D eigenvalue weighted by molar-refractivity contribution is 0.212. The van der Waals surface area contributed by atoms with E-state index in [0.29, 0.717) is 22.9 Å². The number of benzene rings is 2. The average Bonchev–Trinajstić information content (AvgIpc) is 2.43. The van der Waals surface area contributed by atoms with Crippen LogP contribution in [0.3, 0.4) is 0 Å². The summed E-state index contributed by atoms with van der Waals surface area (Å²) in [6.45, 7) is 4.45. The van der Waals surface area contributed by atoms with Crippen LogP contribution in [0.5, 0.6) is 5.75 Å². The van der Waals surface area contributed by atoms with E-state index in [-0.39, 0.29) is 0 Å². The van der Waals surface area contributed by atoms with Crippen LogP contribution in [0.2, 0.25) is 5.02 Å². The molecule has 2 aromatic carbocycles. The Kier molecular flexibility index (Phi) is 5.08. The molecule has 0 spiro atoms. The van der Waals surface area contributed by atoms with Crippen LogP contribution in [-0.2, 0) is 0 Å². The van der Waals surface area contributed by atoms with Gasteiger partial charge in [0.2, 0.25) is 0 Å². The molecule has 0 aliphatic heterocycles. The largest absolute Gasteiger partial charge is 0.493 e. The minimum atomic E-state index is -0.818. The van der Waals surface area contributed by atoms with Crippen molar-refractivity contribution in [2.45, 2.75) is 20.0 Å². The molecule has 0 fully saturated rings. The molecular weight excluding hydrogens is 340 g/mol. The van der Waals surface area contributed by atoms with Crippen LogP contribution in [0.15, 0.2) is 40.9 Å². The van der Waals surface area contributed by atoms with Crippen molar-refractivity contribution in [2.75, 3.05) is 6.61 Å². The van der Waals surface area contributed by atoms with Crippen molar-refractivity contribution >= 4 is 27.5 Å². The highest BCUT2D eigenvalue weighted by Gasteiger charge is 2.19. The third-order valence-corrected chi connectivity index (χ3v) is 4.35. The van der Waals surface area contributed by atoms with Crippen LogP contribution in [0.1, 0.15) is 29.7 Å². The van der Waals surface area contributed by atoms with E-state index >= 15 is 0 Å². The van der Waals surface area contributed by atoms with Gasteiger partial charge in [0.1, 0.15) is 11.9 Å². The highest BCUT2D eigenvalue weighted by Crippen LogP contribution is 2.37. The molecule has 1 N–H and O–H groups in total. The molecule has 4 heteroatoms. The van der Waals surface area contributed by atoms with Crippen molar-refractivity contribution in [3.63, 3.8) is 0 Å². The predicted octanol–water partition coefficient (Wildman–Crippen LogP) is 4.89. The van der Waals surface area contributed by atoms with Crippen LogP contribution < -0.4 is 4.74 Å². The number of aryl methyl sites for hydroxylation is 1. The van der Waals surface area contributed by atoms with E-state index < -0.39 is 6.10 Å². The Balaban J connectivity index is 2.49. The second-order valence-corrected chi connectivity index (χ2v) is 5.75. The molecule has 1 atom stereocenters. The fraction of sp³-hybridized carbons (Fsp3) is 0.250. The van der Waals surface area contributed by atoms with E-state index in [4.69, 9.17) is 16.3 Å². The van der Waals surface area contributed by atoms with Gasteiger partial charge in [0.25, 0.3) is 0 Å². The summed E-state index contributed by atoms with van der Waals surface area (Å²) >= 11 is 9.64. The minimum absolute atomic E-state index is 0.518. The first kappa shape index (κ1) is 15.4. The molecule has 0 amide bonds. The molecule has 2 aromatic rings. The third kappa shape index (κ3) is 3.17. The summed E-state index contributed by atoms with van der Waals surface area (Å²) in [6, 6.07) is 11.3. The molecular formula is C16H16BrClO2. The Morgan fingerprint density at radius 3 is 2.70 bits per heavy atom. The predicted molar refractivity (Wildman–Crippen MR) is 85.6 cm³/mol. The number of aliphatic hydroxyl groups is 1. The van der Waals surface area contributed by atoms with Gasteiger partial charge in [-0.25, -0.2) is 0 Å². The van der Waals surface area contributed by atoms with E-state index in [0.717, 1.165) is 15.6 Å². The van der Waals surface area contributed by atoms with Crippen molar-refractivity contribution < 1.29 is 9.84 Å². The molecule has 106 valence electrons. The fourth-order valence-corrected chi connectivity index (χ4v) is 2.68. The van der Waals surface area contributed by atoms with Crippen LogP contribution in [0, 0.1) is 6.92 Å². The van der Waals surface area contributed by atoms with Crippen LogP contribution in [0.4, 0.5) is 0 Å². The summed E-state index contributed by atoms with van der Waals surface area (Å²) < 4.78 is 6.36. The van der Waals surface area contributed by atoms with Gasteiger partial charge in [0.15, 0.2) is 0 Å². The Hall–Kier alpha value is -1.03. The topological polar surface area (TPSA) is 29.5 Å². The van der Waals surface area contributed by atoms with Crippen LogP contribution in [-0.4, -0.2) is 11.7 Å². The lowest BCUT2D eigenvalue weighted by Crippen LogP contribution is -2.05. The van der Waals surface area contributed by atoms with E-state index in [1.165, 1.54) is 0 Å². The van der Waals surface area contributed by atoms with E-state index in [1.54, 1.807) is 0 Å². The number of rotatable bonds is 4. The minimum Gasteiger partial charge on any atom is -0.493 e. The van der Waals surface area contributed by atoms with E-state index in [1.807, 2.05) is 50.2 Å². The van der Waals surface area contributed by atoms with Gasteiger partial charge in [-0.3, -0.25) is 0 Å². The molecule has 1 unspecified atom stereocenters. The Labute approximate surface area is 132 Å². The number of hydrogen-bond donors (Lipinski definition) is 1. The molecule has 0 bridgehead atoms. The van der Waals surface area contributed by atoms with Gasteiger partial charge in [0.05, 0.1) is 11.6 Å². The summed E-state index contributed by atoms with van der Waals surface area (Å²) in [5.74, 6) is 0.682. The summed E-state index contributed by atoms with van der Waals surface area (Å²) in [5.41, 5.74) is 2.45. The van der Waals surface area contributed by atoms with Gasteiger partial charge >= 0.3 is 0 Å². The monoisotopic (exact) mass is 354 g/mol. The van der Waals surface area contributed by atoms with Gasteiger partial charge in [-0.05, 0) is 48.0 Å². The molecule has 0 saturated heterocycles. The maximum absolute atomic E-state index is 10.6. The van der Waals surface area contributed by atoms with E-state index in [9.17, 15) is 5.11 Å². The quantitative estimate of drug-likeness (QED) is 0.846. The Bertz CT molecular complexity index is 613. The SMILES string of the molecule is CCOc1ccc(C)cc1C(O)c1cccc(Br)c1Cl. The summed E-state index contributed by atoms with van der Waals surface area (Å²) in [7, 11) is 0. The van der Waals surface area contributed by atoms with Crippen molar-refractivity contribution in [3.8, 4) is 5.75 Å². The van der Waals surface area contributed by atoms with Crippen molar-refractivity contribution in [1.82, 2.24) is 0 Å². The van der Waals surface area contributed by atoms with Gasteiger partial charge < -0.3 is 9.84 Å². The zero-order valence-corrected chi connectivity index (χ0v) is 13.7. The normalized spacial score (nSPS) is 12.2. The standard InChI is InChI=1S/C16H16BrClO2/c1-3-20-14-8-7-10(2)9-12(14)16(19)11-5-4-6-13(17)15(11)18/h4-9,16,19H,3H2,1-2H3. The smallest absolute Gasteiger partial charge is 0.125 e. The lowest BCUT2D eigenvalue weighted by Gasteiger charge is -2.18. The molecule has 0 aliphatic carbocycles. The fourth-order valence-electron chi connectivity index (χ4n) is 2.07. The molecule has 0 aromatic heterocycles. The first-order chi connectivity index (χ1) is 9.54. The van der Waals surface area contributed by atoms with Gasteiger partial charge in [-0.15, -0.1) is 0 Å². The lowest BCUT2D eigenvalue weighted by atomic mass is 9.99. The highest BCUT2D eigenvalue weighted by atomic mass is 79.9. The number of aliphatic hydroxyl groups excluding tert-OH is 1. The Morgan fingerprint density at radius 1 is 1.25 bits per heavy atom. The number of hydrogen-bond acceptors (Lipinski definition) is 2. The Morgan fingerprint density at radius 2 is 2.00 bits per heavy atom. The summed E-state index contributed by atoms with van der Waals surface area (Å²) in [6.07, 6.45) is -0.818. The van der Waals surface area contributed by atoms with Crippen LogP contribution in [0.25, 0.3) is 0 Å². The maximum Gasteiger partial charge on any atom is 0.125 e. The molecule has 0 heterocycles. The zero-order chi connectivity index (χ0) is 14.7. The average molecular weight is 356 g/mol. The summed E-state index contributed by atoms with van der Waals surface area (Å²) in [5, 5.41) is 11.2. The number of ether oxygens (including phenoxy) is 1. The van der Waals surface area contributed by atoms with Crippen molar-refractivity contribution in [2.24, 2.45) is 0 Å². The maximum atomic E-state index is 10.6. The second-order valence-electron chi connectivity index (χ2n) is 4.52. The first-order valence-corrected chi connectivity index (χ1v) is 7.57. The van der Waals surface area contributed by atoms with Gasteiger partial charge in [-0.1, -0.05) is 35.4 Å². The number of halogens is 2. The van der Waals surface area contributed by atoms with Crippen LogP contribution >= 0.6 is 27.5 Å². The highest BCUT2D eigenvalue weighted by molar-refractivity contribution is 9.10.